The molecule has 0 bridgehead atoms. The Labute approximate surface area is 123 Å². The van der Waals surface area contributed by atoms with Crippen LogP contribution < -0.4 is 10.0 Å². The average Bonchev–Trinajstić information content (AvgIpc) is 2.82. The van der Waals surface area contributed by atoms with E-state index in [1.165, 1.54) is 25.2 Å². The standard InChI is InChI=1S/C12H18N4O4S/c1-13-10-4-3-5-11(12(10)16(17)18)21(19,20)14-9-6-7-15(2)8-9/h3-5,9,13-14H,6-8H2,1-2H3. The molecule has 1 aromatic carbocycles. The number of hydrogen-bond acceptors (Lipinski definition) is 6. The second-order valence-corrected chi connectivity index (χ2v) is 6.71. The molecule has 9 heteroatoms. The average molecular weight is 314 g/mol. The highest BCUT2D eigenvalue weighted by Gasteiger charge is 2.32. The van der Waals surface area contributed by atoms with Gasteiger partial charge in [0.2, 0.25) is 10.0 Å². The van der Waals surface area contributed by atoms with Crippen LogP contribution in [-0.4, -0.2) is 51.5 Å². The van der Waals surface area contributed by atoms with Crippen LogP contribution in [0.1, 0.15) is 6.42 Å². The van der Waals surface area contributed by atoms with E-state index >= 15 is 0 Å². The Morgan fingerprint density at radius 3 is 2.67 bits per heavy atom. The van der Waals surface area contributed by atoms with Gasteiger partial charge in [-0.2, -0.15) is 0 Å². The minimum absolute atomic E-state index is 0.173. The maximum atomic E-state index is 12.4. The zero-order valence-electron chi connectivity index (χ0n) is 11.9. The maximum absolute atomic E-state index is 12.4. The Kier molecular flexibility index (Phi) is 4.45. The lowest BCUT2D eigenvalue weighted by Crippen LogP contribution is -2.36. The van der Waals surface area contributed by atoms with Crippen molar-refractivity contribution in [3.05, 3.63) is 28.3 Å². The number of nitro benzene ring substituents is 1. The van der Waals surface area contributed by atoms with Crippen LogP contribution in [0.4, 0.5) is 11.4 Å². The normalized spacial score (nSPS) is 19.6. The first-order valence-corrected chi connectivity index (χ1v) is 7.99. The van der Waals surface area contributed by atoms with Gasteiger partial charge < -0.3 is 10.2 Å². The molecule has 1 saturated heterocycles. The molecule has 0 radical (unpaired) electrons. The van der Waals surface area contributed by atoms with Gasteiger partial charge in [0.1, 0.15) is 5.69 Å². The van der Waals surface area contributed by atoms with E-state index in [9.17, 15) is 18.5 Å². The van der Waals surface area contributed by atoms with Crippen LogP contribution in [0.5, 0.6) is 0 Å². The van der Waals surface area contributed by atoms with Gasteiger partial charge in [-0.1, -0.05) is 6.07 Å². The Hall–Kier alpha value is -1.71. The first-order chi connectivity index (χ1) is 9.85. The first kappa shape index (κ1) is 15.7. The molecule has 1 fully saturated rings. The van der Waals surface area contributed by atoms with Gasteiger partial charge in [0.25, 0.3) is 0 Å². The Morgan fingerprint density at radius 2 is 2.14 bits per heavy atom. The number of nitrogens with one attached hydrogen (secondary N) is 2. The number of hydrogen-bond donors (Lipinski definition) is 2. The lowest BCUT2D eigenvalue weighted by atomic mass is 10.3. The summed E-state index contributed by atoms with van der Waals surface area (Å²) in [6.45, 7) is 1.39. The lowest BCUT2D eigenvalue weighted by molar-refractivity contribution is -0.386. The number of nitro groups is 1. The van der Waals surface area contributed by atoms with E-state index in [4.69, 9.17) is 0 Å². The molecule has 2 rings (SSSR count). The molecule has 0 spiro atoms. The van der Waals surface area contributed by atoms with Crippen LogP contribution in [0.3, 0.4) is 0 Å². The van der Waals surface area contributed by atoms with Crippen molar-refractivity contribution in [2.45, 2.75) is 17.4 Å². The predicted octanol–water partition coefficient (Wildman–Crippen LogP) is 0.619. The third-order valence-electron chi connectivity index (χ3n) is 3.45. The van der Waals surface area contributed by atoms with E-state index in [2.05, 4.69) is 10.0 Å². The number of rotatable bonds is 5. The monoisotopic (exact) mass is 314 g/mol. The largest absolute Gasteiger partial charge is 0.383 e. The van der Waals surface area contributed by atoms with Crippen molar-refractivity contribution < 1.29 is 13.3 Å². The van der Waals surface area contributed by atoms with Gasteiger partial charge in [0.05, 0.1) is 4.92 Å². The van der Waals surface area contributed by atoms with Gasteiger partial charge in [-0.05, 0) is 32.1 Å². The number of sulfonamides is 1. The zero-order valence-corrected chi connectivity index (χ0v) is 12.7. The van der Waals surface area contributed by atoms with Gasteiger partial charge in [-0.3, -0.25) is 10.1 Å². The number of benzene rings is 1. The molecular weight excluding hydrogens is 296 g/mol. The van der Waals surface area contributed by atoms with Crippen molar-refractivity contribution >= 4 is 21.4 Å². The van der Waals surface area contributed by atoms with Crippen LogP contribution in [-0.2, 0) is 10.0 Å². The quantitative estimate of drug-likeness (QED) is 0.610. The molecule has 1 aliphatic rings. The van der Waals surface area contributed by atoms with Crippen molar-refractivity contribution in [2.24, 2.45) is 0 Å². The number of nitrogens with zero attached hydrogens (tertiary/aromatic N) is 2. The Morgan fingerprint density at radius 1 is 1.43 bits per heavy atom. The number of para-hydroxylation sites is 1. The molecule has 0 aromatic heterocycles. The Bertz CT molecular complexity index is 647. The van der Waals surface area contributed by atoms with E-state index in [0.717, 1.165) is 6.54 Å². The highest BCUT2D eigenvalue weighted by Crippen LogP contribution is 2.31. The molecule has 8 nitrogen and oxygen atoms in total. The third kappa shape index (κ3) is 3.31. The molecule has 21 heavy (non-hydrogen) atoms. The van der Waals surface area contributed by atoms with Crippen LogP contribution in [0.25, 0.3) is 0 Å². The molecule has 1 aliphatic heterocycles. The van der Waals surface area contributed by atoms with E-state index in [-0.39, 0.29) is 16.6 Å². The number of anilines is 1. The van der Waals surface area contributed by atoms with Gasteiger partial charge in [-0.15, -0.1) is 0 Å². The first-order valence-electron chi connectivity index (χ1n) is 6.51. The summed E-state index contributed by atoms with van der Waals surface area (Å²) in [6.07, 6.45) is 0.690. The van der Waals surface area contributed by atoms with E-state index in [0.29, 0.717) is 13.0 Å². The van der Waals surface area contributed by atoms with Crippen LogP contribution in [0.15, 0.2) is 23.1 Å². The summed E-state index contributed by atoms with van der Waals surface area (Å²) >= 11 is 0. The highest BCUT2D eigenvalue weighted by molar-refractivity contribution is 7.89. The fourth-order valence-corrected chi connectivity index (χ4v) is 3.90. The van der Waals surface area contributed by atoms with Crippen molar-refractivity contribution in [1.29, 1.82) is 0 Å². The summed E-state index contributed by atoms with van der Waals surface area (Å²) in [5.41, 5.74) is -0.259. The lowest BCUT2D eigenvalue weighted by Gasteiger charge is -2.14. The van der Waals surface area contributed by atoms with Crippen molar-refractivity contribution in [3.63, 3.8) is 0 Å². The molecule has 0 aliphatic carbocycles. The summed E-state index contributed by atoms with van der Waals surface area (Å²) < 4.78 is 27.4. The number of likely N-dealkylation sites (tertiary alicyclic amines) is 1. The molecule has 1 heterocycles. The minimum Gasteiger partial charge on any atom is -0.383 e. The number of likely N-dealkylation sites (N-methyl/N-ethyl adjacent to an activating group) is 1. The van der Waals surface area contributed by atoms with Crippen molar-refractivity contribution in [3.8, 4) is 0 Å². The summed E-state index contributed by atoms with van der Waals surface area (Å²) in [6, 6.07) is 3.98. The zero-order chi connectivity index (χ0) is 15.6. The fourth-order valence-electron chi connectivity index (χ4n) is 2.44. The summed E-state index contributed by atoms with van der Waals surface area (Å²) in [5.74, 6) is 0. The van der Waals surface area contributed by atoms with E-state index in [1.54, 1.807) is 0 Å². The summed E-state index contributed by atoms with van der Waals surface area (Å²) in [7, 11) is -0.521. The minimum atomic E-state index is -3.93. The smallest absolute Gasteiger partial charge is 0.312 e. The maximum Gasteiger partial charge on any atom is 0.312 e. The second kappa shape index (κ2) is 5.96. The van der Waals surface area contributed by atoms with Gasteiger partial charge >= 0.3 is 5.69 Å². The Balaban J connectivity index is 2.38. The fraction of sp³-hybridized carbons (Fsp3) is 0.500. The van der Waals surface area contributed by atoms with Gasteiger partial charge in [-0.25, -0.2) is 13.1 Å². The topological polar surface area (TPSA) is 105 Å². The molecule has 1 aromatic rings. The predicted molar refractivity (Wildman–Crippen MR) is 78.9 cm³/mol. The van der Waals surface area contributed by atoms with Gasteiger partial charge in [0.15, 0.2) is 4.90 Å². The van der Waals surface area contributed by atoms with Crippen molar-refractivity contribution in [1.82, 2.24) is 9.62 Å². The third-order valence-corrected chi connectivity index (χ3v) is 5.01. The van der Waals surface area contributed by atoms with Crippen LogP contribution in [0.2, 0.25) is 0 Å². The highest BCUT2D eigenvalue weighted by atomic mass is 32.2. The summed E-state index contributed by atoms with van der Waals surface area (Å²) in [5, 5.41) is 13.9. The van der Waals surface area contributed by atoms with Crippen LogP contribution >= 0.6 is 0 Å². The second-order valence-electron chi connectivity index (χ2n) is 5.03. The van der Waals surface area contributed by atoms with E-state index in [1.807, 2.05) is 11.9 Å². The molecule has 1 atom stereocenters. The molecule has 116 valence electrons. The van der Waals surface area contributed by atoms with E-state index < -0.39 is 20.6 Å². The summed E-state index contributed by atoms with van der Waals surface area (Å²) in [4.78, 5) is 12.2. The van der Waals surface area contributed by atoms with Crippen molar-refractivity contribution in [2.75, 3.05) is 32.5 Å². The molecule has 0 amide bonds. The molecule has 2 N–H and O–H groups in total. The SMILES string of the molecule is CNc1cccc(S(=O)(=O)NC2CCN(C)C2)c1[N+](=O)[O-]. The molecule has 1 unspecified atom stereocenters. The van der Waals surface area contributed by atoms with Gasteiger partial charge in [0, 0.05) is 19.6 Å². The van der Waals surface area contributed by atoms with Crippen LogP contribution in [0, 0.1) is 10.1 Å². The molecular formula is C12H18N4O4S. The molecule has 0 saturated carbocycles.